The zero-order valence-electron chi connectivity index (χ0n) is 15.5. The van der Waals surface area contributed by atoms with Crippen LogP contribution in [0.4, 0.5) is 4.79 Å². The van der Waals surface area contributed by atoms with Crippen LogP contribution in [-0.4, -0.2) is 42.0 Å². The molecule has 0 radical (unpaired) electrons. The van der Waals surface area contributed by atoms with E-state index in [-0.39, 0.29) is 11.7 Å². The van der Waals surface area contributed by atoms with Crippen LogP contribution in [-0.2, 0) is 14.3 Å². The smallest absolute Gasteiger partial charge is 0.329 e. The molecule has 1 aromatic heterocycles. The van der Waals surface area contributed by atoms with Gasteiger partial charge in [-0.2, -0.15) is 0 Å². The fourth-order valence-corrected chi connectivity index (χ4v) is 1.88. The standard InChI is InChI=1S/C17H25N3O6/c1-10(2)13(19-14(22)11-7-6-8-25-11)15(23)26-9-12(21)18-16(24)20-17(3,4)5/h6-8,10,13H,9H2,1-5H3,(H,19,22)(H2,18,20,21,24). The van der Waals surface area contributed by atoms with Crippen molar-refractivity contribution >= 4 is 23.8 Å². The molecular formula is C17H25N3O6. The molecule has 9 heteroatoms. The molecule has 0 saturated carbocycles. The lowest BCUT2D eigenvalue weighted by molar-refractivity contribution is -0.151. The van der Waals surface area contributed by atoms with Crippen molar-refractivity contribution < 1.29 is 28.3 Å². The maximum atomic E-state index is 12.2. The van der Waals surface area contributed by atoms with Gasteiger partial charge in [-0.05, 0) is 38.8 Å². The molecule has 0 fully saturated rings. The van der Waals surface area contributed by atoms with E-state index in [1.54, 1.807) is 40.7 Å². The van der Waals surface area contributed by atoms with Crippen molar-refractivity contribution in [3.8, 4) is 0 Å². The van der Waals surface area contributed by atoms with Crippen LogP contribution in [0.5, 0.6) is 0 Å². The first-order valence-electron chi connectivity index (χ1n) is 8.12. The van der Waals surface area contributed by atoms with Crippen LogP contribution in [0.3, 0.4) is 0 Å². The van der Waals surface area contributed by atoms with Crippen molar-refractivity contribution in [3.05, 3.63) is 24.2 Å². The van der Waals surface area contributed by atoms with Gasteiger partial charge in [-0.3, -0.25) is 14.9 Å². The highest BCUT2D eigenvalue weighted by Crippen LogP contribution is 2.07. The van der Waals surface area contributed by atoms with Crippen molar-refractivity contribution in [1.29, 1.82) is 0 Å². The van der Waals surface area contributed by atoms with Crippen molar-refractivity contribution in [2.75, 3.05) is 6.61 Å². The van der Waals surface area contributed by atoms with E-state index in [0.29, 0.717) is 0 Å². The second-order valence-corrected chi connectivity index (χ2v) is 7.03. The summed E-state index contributed by atoms with van der Waals surface area (Å²) >= 11 is 0. The fourth-order valence-electron chi connectivity index (χ4n) is 1.88. The van der Waals surface area contributed by atoms with Gasteiger partial charge in [-0.25, -0.2) is 9.59 Å². The van der Waals surface area contributed by atoms with Crippen LogP contribution in [0.2, 0.25) is 0 Å². The minimum Gasteiger partial charge on any atom is -0.459 e. The highest BCUT2D eigenvalue weighted by molar-refractivity contribution is 5.97. The molecule has 0 spiro atoms. The van der Waals surface area contributed by atoms with Gasteiger partial charge in [0.15, 0.2) is 12.4 Å². The summed E-state index contributed by atoms with van der Waals surface area (Å²) < 4.78 is 9.86. The Bertz CT molecular complexity index is 646. The molecule has 26 heavy (non-hydrogen) atoms. The molecule has 144 valence electrons. The SMILES string of the molecule is CC(C)C(NC(=O)c1ccco1)C(=O)OCC(=O)NC(=O)NC(C)(C)C. The van der Waals surface area contributed by atoms with Crippen LogP contribution < -0.4 is 16.0 Å². The molecule has 0 bridgehead atoms. The zero-order valence-corrected chi connectivity index (χ0v) is 15.5. The van der Waals surface area contributed by atoms with Crippen molar-refractivity contribution in [3.63, 3.8) is 0 Å². The van der Waals surface area contributed by atoms with Crippen LogP contribution in [0, 0.1) is 5.92 Å². The van der Waals surface area contributed by atoms with E-state index < -0.39 is 42.0 Å². The Morgan fingerprint density at radius 2 is 1.85 bits per heavy atom. The summed E-state index contributed by atoms with van der Waals surface area (Å²) in [6.45, 7) is 8.05. The third kappa shape index (κ3) is 7.37. The van der Waals surface area contributed by atoms with Gasteiger partial charge >= 0.3 is 12.0 Å². The molecule has 0 aliphatic carbocycles. The minimum atomic E-state index is -0.969. The monoisotopic (exact) mass is 367 g/mol. The van der Waals surface area contributed by atoms with E-state index in [2.05, 4.69) is 16.0 Å². The number of amides is 4. The largest absolute Gasteiger partial charge is 0.459 e. The Morgan fingerprint density at radius 1 is 1.19 bits per heavy atom. The van der Waals surface area contributed by atoms with Gasteiger partial charge in [-0.15, -0.1) is 0 Å². The average molecular weight is 367 g/mol. The summed E-state index contributed by atoms with van der Waals surface area (Å²) in [7, 11) is 0. The molecule has 4 amide bonds. The number of ether oxygens (including phenoxy) is 1. The Hall–Kier alpha value is -2.84. The Labute approximate surface area is 151 Å². The lowest BCUT2D eigenvalue weighted by Crippen LogP contribution is -2.50. The number of hydrogen-bond acceptors (Lipinski definition) is 6. The van der Waals surface area contributed by atoms with E-state index in [0.717, 1.165) is 0 Å². The maximum Gasteiger partial charge on any atom is 0.329 e. The minimum absolute atomic E-state index is 0.0556. The van der Waals surface area contributed by atoms with E-state index in [1.807, 2.05) is 0 Å². The number of hydrogen-bond donors (Lipinski definition) is 3. The Kier molecular flexibility index (Phi) is 7.36. The van der Waals surface area contributed by atoms with E-state index in [1.165, 1.54) is 12.3 Å². The van der Waals surface area contributed by atoms with Gasteiger partial charge in [0.1, 0.15) is 6.04 Å². The third-order valence-electron chi connectivity index (χ3n) is 3.04. The molecule has 0 aliphatic heterocycles. The number of carbonyl (C=O) groups excluding carboxylic acids is 4. The molecule has 1 unspecified atom stereocenters. The quantitative estimate of drug-likeness (QED) is 0.649. The van der Waals surface area contributed by atoms with Gasteiger partial charge in [0.2, 0.25) is 0 Å². The number of carbonyl (C=O) groups is 4. The zero-order chi connectivity index (χ0) is 19.9. The topological polar surface area (TPSA) is 127 Å². The molecule has 9 nitrogen and oxygen atoms in total. The summed E-state index contributed by atoms with van der Waals surface area (Å²) in [6.07, 6.45) is 1.34. The summed E-state index contributed by atoms with van der Waals surface area (Å²) in [6, 6.07) is 1.35. The second-order valence-electron chi connectivity index (χ2n) is 7.03. The summed E-state index contributed by atoms with van der Waals surface area (Å²) in [5.41, 5.74) is -0.514. The highest BCUT2D eigenvalue weighted by atomic mass is 16.5. The average Bonchev–Trinajstić information content (AvgIpc) is 3.02. The van der Waals surface area contributed by atoms with Gasteiger partial charge in [0, 0.05) is 5.54 Å². The first kappa shape index (κ1) is 21.2. The van der Waals surface area contributed by atoms with E-state index in [4.69, 9.17) is 9.15 Å². The van der Waals surface area contributed by atoms with Gasteiger partial charge in [-0.1, -0.05) is 13.8 Å². The lowest BCUT2D eigenvalue weighted by Gasteiger charge is -2.21. The fraction of sp³-hybridized carbons (Fsp3) is 0.529. The van der Waals surface area contributed by atoms with Crippen molar-refractivity contribution in [1.82, 2.24) is 16.0 Å². The molecular weight excluding hydrogens is 342 g/mol. The van der Waals surface area contributed by atoms with E-state index in [9.17, 15) is 19.2 Å². The second kappa shape index (κ2) is 9.02. The van der Waals surface area contributed by atoms with Crippen molar-refractivity contribution in [2.24, 2.45) is 5.92 Å². The van der Waals surface area contributed by atoms with Crippen LogP contribution in [0.15, 0.2) is 22.8 Å². The Morgan fingerprint density at radius 3 is 2.35 bits per heavy atom. The number of furan rings is 1. The van der Waals surface area contributed by atoms with Gasteiger partial charge in [0.05, 0.1) is 6.26 Å². The highest BCUT2D eigenvalue weighted by Gasteiger charge is 2.27. The Balaban J connectivity index is 2.53. The molecule has 0 aromatic carbocycles. The summed E-state index contributed by atoms with van der Waals surface area (Å²) in [5, 5.41) is 7.09. The van der Waals surface area contributed by atoms with Crippen molar-refractivity contribution in [2.45, 2.75) is 46.2 Å². The third-order valence-corrected chi connectivity index (χ3v) is 3.04. The van der Waals surface area contributed by atoms with Crippen LogP contribution >= 0.6 is 0 Å². The first-order chi connectivity index (χ1) is 12.0. The molecule has 1 rings (SSSR count). The molecule has 3 N–H and O–H groups in total. The number of urea groups is 1. The predicted molar refractivity (Wildman–Crippen MR) is 92.2 cm³/mol. The predicted octanol–water partition coefficient (Wildman–Crippen LogP) is 1.20. The van der Waals surface area contributed by atoms with Gasteiger partial charge in [0.25, 0.3) is 11.8 Å². The molecule has 0 saturated heterocycles. The van der Waals surface area contributed by atoms with E-state index >= 15 is 0 Å². The number of rotatable bonds is 6. The maximum absolute atomic E-state index is 12.2. The number of imide groups is 1. The number of esters is 1. The molecule has 0 aliphatic rings. The van der Waals surface area contributed by atoms with Crippen LogP contribution in [0.1, 0.15) is 45.2 Å². The molecule has 1 atom stereocenters. The first-order valence-corrected chi connectivity index (χ1v) is 8.12. The van der Waals surface area contributed by atoms with Gasteiger partial charge < -0.3 is 19.8 Å². The lowest BCUT2D eigenvalue weighted by atomic mass is 10.0. The normalized spacial score (nSPS) is 12.2. The summed E-state index contributed by atoms with van der Waals surface area (Å²) in [5.74, 6) is -2.36. The number of nitrogens with one attached hydrogen (secondary N) is 3. The summed E-state index contributed by atoms with van der Waals surface area (Å²) in [4.78, 5) is 47.4. The van der Waals surface area contributed by atoms with Crippen LogP contribution in [0.25, 0.3) is 0 Å². The molecule has 1 aromatic rings. The molecule has 1 heterocycles.